The first-order valence-corrected chi connectivity index (χ1v) is 11.3. The Balaban J connectivity index is 1.74. The average molecular weight is 494 g/mol. The Morgan fingerprint density at radius 2 is 1.53 bits per heavy atom. The van der Waals surface area contributed by atoms with E-state index in [0.29, 0.717) is 5.75 Å². The molecule has 11 heteroatoms. The molecular weight excluding hydrogens is 473 g/mol. The Bertz CT molecular complexity index is 1260. The number of nitrogens with one attached hydrogen (secondary N) is 1. The highest BCUT2D eigenvalue weighted by Gasteiger charge is 2.32. The monoisotopic (exact) mass is 494 g/mol. The van der Waals surface area contributed by atoms with Gasteiger partial charge in [-0.15, -0.1) is 13.2 Å². The highest BCUT2D eigenvalue weighted by atomic mass is 32.2. The summed E-state index contributed by atoms with van der Waals surface area (Å²) < 4.78 is 74.9. The molecule has 0 atom stereocenters. The van der Waals surface area contributed by atoms with Crippen LogP contribution in [0.1, 0.15) is 15.9 Å². The Morgan fingerprint density at radius 3 is 2.15 bits per heavy atom. The van der Waals surface area contributed by atoms with Crippen LogP contribution in [0, 0.1) is 0 Å². The fraction of sp³-hybridized carbons (Fsp3) is 0.174. The maximum Gasteiger partial charge on any atom is 0.573 e. The number of ether oxygens (including phenoxy) is 2. The van der Waals surface area contributed by atoms with Crippen LogP contribution in [0.15, 0.2) is 77.7 Å². The topological polar surface area (TPSA) is 84.9 Å². The molecule has 0 saturated heterocycles. The molecule has 0 radical (unpaired) electrons. The number of para-hydroxylation sites is 3. The summed E-state index contributed by atoms with van der Waals surface area (Å²) in [5, 5.41) is 0. The number of sulfonamides is 1. The van der Waals surface area contributed by atoms with E-state index in [1.807, 2.05) is 0 Å². The van der Waals surface area contributed by atoms with Crippen LogP contribution < -0.4 is 14.2 Å². The second-order valence-corrected chi connectivity index (χ2v) is 8.83. The Kier molecular flexibility index (Phi) is 7.35. The van der Waals surface area contributed by atoms with Crippen LogP contribution >= 0.6 is 0 Å². The van der Waals surface area contributed by atoms with Gasteiger partial charge in [0.05, 0.1) is 17.7 Å². The lowest BCUT2D eigenvalue weighted by Gasteiger charge is -2.20. The van der Waals surface area contributed by atoms with Crippen molar-refractivity contribution in [1.82, 2.24) is 4.90 Å². The van der Waals surface area contributed by atoms with Crippen LogP contribution in [0.2, 0.25) is 0 Å². The molecule has 34 heavy (non-hydrogen) atoms. The third-order valence-electron chi connectivity index (χ3n) is 4.72. The summed E-state index contributed by atoms with van der Waals surface area (Å²) >= 11 is 0. The van der Waals surface area contributed by atoms with Crippen LogP contribution in [0.3, 0.4) is 0 Å². The molecule has 3 aromatic rings. The van der Waals surface area contributed by atoms with Crippen LogP contribution in [0.5, 0.6) is 11.5 Å². The average Bonchev–Trinajstić information content (AvgIpc) is 2.79. The van der Waals surface area contributed by atoms with Crippen LogP contribution in [-0.2, 0) is 16.6 Å². The van der Waals surface area contributed by atoms with Gasteiger partial charge in [0.15, 0.2) is 0 Å². The number of alkyl halides is 3. The minimum absolute atomic E-state index is 0.0819. The van der Waals surface area contributed by atoms with Crippen molar-refractivity contribution >= 4 is 21.6 Å². The van der Waals surface area contributed by atoms with E-state index in [9.17, 15) is 26.4 Å². The summed E-state index contributed by atoms with van der Waals surface area (Å²) in [6, 6.07) is 17.2. The smallest absolute Gasteiger partial charge is 0.495 e. The number of amides is 1. The number of benzene rings is 3. The third kappa shape index (κ3) is 6.19. The lowest BCUT2D eigenvalue weighted by atomic mass is 10.1. The second kappa shape index (κ2) is 10.0. The number of hydrogen-bond acceptors (Lipinski definition) is 5. The molecule has 0 spiro atoms. The van der Waals surface area contributed by atoms with Gasteiger partial charge in [-0.25, -0.2) is 8.42 Å². The van der Waals surface area contributed by atoms with Gasteiger partial charge in [0.1, 0.15) is 11.5 Å². The third-order valence-corrected chi connectivity index (χ3v) is 6.10. The molecule has 0 bridgehead atoms. The van der Waals surface area contributed by atoms with E-state index >= 15 is 0 Å². The summed E-state index contributed by atoms with van der Waals surface area (Å²) in [4.78, 5) is 13.9. The standard InChI is InChI=1S/C23H21F3N2O5S/c1-28(15-17-7-3-5-9-20(17)33-23(24,25)26)22(29)16-11-13-18(14-12-16)34(30,31)27-19-8-4-6-10-21(19)32-2/h3-14,27H,15H2,1-2H3. The van der Waals surface area contributed by atoms with E-state index in [1.54, 1.807) is 24.3 Å². The largest absolute Gasteiger partial charge is 0.573 e. The van der Waals surface area contributed by atoms with Crippen molar-refractivity contribution in [2.24, 2.45) is 0 Å². The molecule has 0 aliphatic carbocycles. The van der Waals surface area contributed by atoms with Gasteiger partial charge in [0.2, 0.25) is 0 Å². The van der Waals surface area contributed by atoms with E-state index in [2.05, 4.69) is 9.46 Å². The van der Waals surface area contributed by atoms with Crippen molar-refractivity contribution < 1.29 is 35.9 Å². The normalized spacial score (nSPS) is 11.6. The molecule has 3 rings (SSSR count). The molecule has 0 unspecified atom stereocenters. The summed E-state index contributed by atoms with van der Waals surface area (Å²) in [5.74, 6) is -0.573. The molecule has 0 saturated carbocycles. The van der Waals surface area contributed by atoms with Crippen LogP contribution in [-0.4, -0.2) is 39.7 Å². The van der Waals surface area contributed by atoms with E-state index in [4.69, 9.17) is 4.74 Å². The minimum atomic E-state index is -4.86. The first-order valence-electron chi connectivity index (χ1n) is 9.85. The van der Waals surface area contributed by atoms with E-state index in [0.717, 1.165) is 6.07 Å². The van der Waals surface area contributed by atoms with Gasteiger partial charge in [-0.2, -0.15) is 0 Å². The highest BCUT2D eigenvalue weighted by molar-refractivity contribution is 7.92. The van der Waals surface area contributed by atoms with E-state index < -0.39 is 28.0 Å². The van der Waals surface area contributed by atoms with E-state index in [-0.39, 0.29) is 28.3 Å². The van der Waals surface area contributed by atoms with Gasteiger partial charge < -0.3 is 14.4 Å². The number of methoxy groups -OCH3 is 1. The van der Waals surface area contributed by atoms with Gasteiger partial charge in [0.25, 0.3) is 15.9 Å². The second-order valence-electron chi connectivity index (χ2n) is 7.15. The van der Waals surface area contributed by atoms with Crippen molar-refractivity contribution in [1.29, 1.82) is 0 Å². The van der Waals surface area contributed by atoms with Gasteiger partial charge in [-0.05, 0) is 42.5 Å². The number of hydrogen-bond donors (Lipinski definition) is 1. The van der Waals surface area contributed by atoms with E-state index in [1.165, 1.54) is 61.5 Å². The lowest BCUT2D eigenvalue weighted by Crippen LogP contribution is -2.27. The van der Waals surface area contributed by atoms with Crippen LogP contribution in [0.4, 0.5) is 18.9 Å². The molecule has 7 nitrogen and oxygen atoms in total. The number of rotatable bonds is 8. The predicted molar refractivity (Wildman–Crippen MR) is 119 cm³/mol. The molecule has 180 valence electrons. The van der Waals surface area contributed by atoms with Gasteiger partial charge in [0, 0.05) is 24.7 Å². The summed E-state index contributed by atoms with van der Waals surface area (Å²) in [6.45, 7) is -0.152. The number of nitrogens with zero attached hydrogens (tertiary/aromatic N) is 1. The van der Waals surface area contributed by atoms with Gasteiger partial charge in [-0.3, -0.25) is 9.52 Å². The summed E-state index contributed by atoms with van der Waals surface area (Å²) in [5.41, 5.74) is 0.577. The Hall–Kier alpha value is -3.73. The maximum absolute atomic E-state index is 12.8. The highest BCUT2D eigenvalue weighted by Crippen LogP contribution is 2.28. The number of halogens is 3. The lowest BCUT2D eigenvalue weighted by molar-refractivity contribution is -0.275. The number of carbonyl (C=O) groups excluding carboxylic acids is 1. The van der Waals surface area contributed by atoms with Gasteiger partial charge >= 0.3 is 6.36 Å². The number of anilines is 1. The predicted octanol–water partition coefficient (Wildman–Crippen LogP) is 4.67. The molecule has 1 N–H and O–H groups in total. The van der Waals surface area contributed by atoms with Crippen molar-refractivity contribution in [2.75, 3.05) is 18.9 Å². The first kappa shape index (κ1) is 24.9. The maximum atomic E-state index is 12.8. The molecule has 0 fully saturated rings. The molecule has 1 amide bonds. The number of carbonyl (C=O) groups is 1. The van der Waals surface area contributed by atoms with Crippen molar-refractivity contribution in [3.63, 3.8) is 0 Å². The molecule has 0 heterocycles. The molecule has 3 aromatic carbocycles. The SMILES string of the molecule is COc1ccccc1NS(=O)(=O)c1ccc(C(=O)N(C)Cc2ccccc2OC(F)(F)F)cc1. The summed E-state index contributed by atoms with van der Waals surface area (Å²) in [6.07, 6.45) is -4.86. The molecular formula is C23H21F3N2O5S. The van der Waals surface area contributed by atoms with Crippen molar-refractivity contribution in [3.8, 4) is 11.5 Å². The van der Waals surface area contributed by atoms with Gasteiger partial charge in [-0.1, -0.05) is 30.3 Å². The quantitative estimate of drug-likeness (QED) is 0.492. The minimum Gasteiger partial charge on any atom is -0.495 e. The zero-order valence-corrected chi connectivity index (χ0v) is 19.0. The Morgan fingerprint density at radius 1 is 0.941 bits per heavy atom. The molecule has 0 aromatic heterocycles. The Labute approximate surface area is 194 Å². The van der Waals surface area contributed by atoms with Crippen molar-refractivity contribution in [2.45, 2.75) is 17.8 Å². The fourth-order valence-electron chi connectivity index (χ4n) is 3.12. The summed E-state index contributed by atoms with van der Waals surface area (Å²) in [7, 11) is -1.13. The molecule has 0 aliphatic heterocycles. The zero-order valence-electron chi connectivity index (χ0n) is 18.2. The van der Waals surface area contributed by atoms with Crippen molar-refractivity contribution in [3.05, 3.63) is 83.9 Å². The first-order chi connectivity index (χ1) is 16.0. The fourth-order valence-corrected chi connectivity index (χ4v) is 4.19. The zero-order chi connectivity index (χ0) is 24.9. The van der Waals surface area contributed by atoms with Crippen LogP contribution in [0.25, 0.3) is 0 Å². The molecule has 0 aliphatic rings.